The number of hydrogen-bond donors (Lipinski definition) is 1. The van der Waals surface area contributed by atoms with Gasteiger partial charge in [0.1, 0.15) is 43.3 Å². The molecule has 1 saturated carbocycles. The fourth-order valence-corrected chi connectivity index (χ4v) is 6.79. The normalized spacial score (nSPS) is 23.0. The molecule has 0 amide bonds. The molecular weight excluding hydrogens is 616 g/mol. The quantitative estimate of drug-likeness (QED) is 0.208. The molecule has 3 atom stereocenters. The highest BCUT2D eigenvalue weighted by Crippen LogP contribution is 2.38. The first-order valence-electron chi connectivity index (χ1n) is 16.4. The number of nitrogens with one attached hydrogen (secondary N) is 1. The van der Waals surface area contributed by atoms with Crippen molar-refractivity contribution in [3.05, 3.63) is 48.7 Å². The van der Waals surface area contributed by atoms with Crippen molar-refractivity contribution < 1.29 is 18.9 Å². The van der Waals surface area contributed by atoms with E-state index in [0.29, 0.717) is 67.4 Å². The molecule has 2 aliphatic heterocycles. The number of methoxy groups -OCH3 is 1. The number of tetrazole rings is 1. The van der Waals surface area contributed by atoms with E-state index in [0.717, 1.165) is 50.0 Å². The minimum atomic E-state index is -0.271. The zero-order chi connectivity index (χ0) is 32.9. The number of rotatable bonds is 13. The predicted molar refractivity (Wildman–Crippen MR) is 172 cm³/mol. The maximum absolute atomic E-state index is 9.66. The van der Waals surface area contributed by atoms with Gasteiger partial charge >= 0.3 is 0 Å². The maximum Gasteiger partial charge on any atom is 0.257 e. The van der Waals surface area contributed by atoms with Crippen LogP contribution in [0, 0.1) is 11.3 Å². The number of hydrogen-bond acceptors (Lipinski definition) is 14. The van der Waals surface area contributed by atoms with Gasteiger partial charge < -0.3 is 24.3 Å². The van der Waals surface area contributed by atoms with Crippen LogP contribution in [0.3, 0.4) is 0 Å². The van der Waals surface area contributed by atoms with E-state index in [4.69, 9.17) is 24.0 Å². The van der Waals surface area contributed by atoms with E-state index in [9.17, 15) is 5.26 Å². The molecule has 5 heterocycles. The molecule has 2 saturated heterocycles. The van der Waals surface area contributed by atoms with Gasteiger partial charge in [0, 0.05) is 43.7 Å². The highest BCUT2D eigenvalue weighted by Gasteiger charge is 2.41. The number of aromatic nitrogens is 8. The molecule has 4 aromatic rings. The molecule has 1 N–H and O–H groups in total. The molecule has 16 nitrogen and oxygen atoms in total. The fraction of sp³-hybridized carbons (Fsp3) is 0.531. The van der Waals surface area contributed by atoms with Crippen molar-refractivity contribution in [3.8, 4) is 28.8 Å². The summed E-state index contributed by atoms with van der Waals surface area (Å²) in [6.07, 6.45) is 12.2. The van der Waals surface area contributed by atoms with Crippen LogP contribution in [0.5, 0.6) is 11.6 Å². The van der Waals surface area contributed by atoms with E-state index in [1.165, 1.54) is 12.7 Å². The minimum Gasteiger partial charge on any atom is -0.487 e. The van der Waals surface area contributed by atoms with Crippen LogP contribution in [0.4, 0.5) is 11.6 Å². The third-order valence-electron chi connectivity index (χ3n) is 9.11. The molecule has 1 aliphatic carbocycles. The summed E-state index contributed by atoms with van der Waals surface area (Å²) in [5.74, 6) is 1.37. The molecule has 3 aromatic heterocycles. The van der Waals surface area contributed by atoms with Crippen molar-refractivity contribution in [2.45, 2.75) is 69.8 Å². The van der Waals surface area contributed by atoms with Crippen LogP contribution in [0.25, 0.3) is 11.1 Å². The lowest BCUT2D eigenvalue weighted by atomic mass is 9.90. The molecule has 0 radical (unpaired) electrons. The van der Waals surface area contributed by atoms with Crippen molar-refractivity contribution in [1.82, 2.24) is 50.0 Å². The zero-order valence-corrected chi connectivity index (χ0v) is 27.2. The second kappa shape index (κ2) is 14.6. The number of anilines is 2. The third-order valence-corrected chi connectivity index (χ3v) is 9.11. The van der Waals surface area contributed by atoms with E-state index >= 15 is 0 Å². The van der Waals surface area contributed by atoms with E-state index < -0.39 is 0 Å². The fourth-order valence-electron chi connectivity index (χ4n) is 6.79. The van der Waals surface area contributed by atoms with Gasteiger partial charge in [0.05, 0.1) is 37.6 Å². The number of nitriles is 1. The lowest BCUT2D eigenvalue weighted by Crippen LogP contribution is -2.54. The summed E-state index contributed by atoms with van der Waals surface area (Å²) < 4.78 is 26.7. The molecule has 252 valence electrons. The van der Waals surface area contributed by atoms with E-state index in [2.05, 4.69) is 46.9 Å². The molecule has 48 heavy (non-hydrogen) atoms. The Morgan fingerprint density at radius 2 is 1.90 bits per heavy atom. The largest absolute Gasteiger partial charge is 0.487 e. The van der Waals surface area contributed by atoms with Gasteiger partial charge in [0.15, 0.2) is 0 Å². The Labute approximate surface area is 278 Å². The molecule has 2 bridgehead atoms. The summed E-state index contributed by atoms with van der Waals surface area (Å²) in [6, 6.07) is 8.94. The smallest absolute Gasteiger partial charge is 0.257 e. The minimum absolute atomic E-state index is 0.271. The Hall–Kier alpha value is -4.69. The Morgan fingerprint density at radius 1 is 1.06 bits per heavy atom. The molecule has 0 spiro atoms. The van der Waals surface area contributed by atoms with E-state index in [1.54, 1.807) is 30.3 Å². The molecule has 3 aliphatic rings. The van der Waals surface area contributed by atoms with Crippen LogP contribution in [0.2, 0.25) is 0 Å². The first-order chi connectivity index (χ1) is 23.6. The topological polar surface area (TPSA) is 166 Å². The van der Waals surface area contributed by atoms with Crippen molar-refractivity contribution >= 4 is 11.6 Å². The Kier molecular flexibility index (Phi) is 9.70. The summed E-state index contributed by atoms with van der Waals surface area (Å²) in [5, 5.41) is 34.0. The highest BCUT2D eigenvalue weighted by atomic mass is 16.5. The van der Waals surface area contributed by atoms with Crippen LogP contribution in [-0.2, 0) is 16.0 Å². The molecule has 3 fully saturated rings. The average molecular weight is 657 g/mol. The summed E-state index contributed by atoms with van der Waals surface area (Å²) in [6.45, 7) is 5.80. The number of hydrazine groups is 1. The average Bonchev–Trinajstić information content (AvgIpc) is 3.83. The highest BCUT2D eigenvalue weighted by molar-refractivity contribution is 5.67. The molecular formula is C32H40N12O4. The zero-order valence-electron chi connectivity index (χ0n) is 27.2. The summed E-state index contributed by atoms with van der Waals surface area (Å²) in [5.41, 5.74) is 2.72. The van der Waals surface area contributed by atoms with Crippen molar-refractivity contribution in [2.24, 2.45) is 0 Å². The number of benzene rings is 1. The van der Waals surface area contributed by atoms with Gasteiger partial charge in [0.25, 0.3) is 5.88 Å². The maximum atomic E-state index is 9.66. The first-order valence-corrected chi connectivity index (χ1v) is 16.4. The standard InChI is InChI=1S/C32H40N12O4/c1-22(17-41-20-36-39-40-41)48-30-13-23(3-4-24(30)14-33)25-15-34-32(35-16-25)37-29-18-43(38-31(29)47-12-11-45-2)26-5-7-27(8-6-26)44-28-9-10-42(44)21-46-19-28/h3-4,13,15-16,18,20,22,26-28H,5-12,17,19,21H2,1-2H3,(H,34,35,37)/t22-,26-,27-,28+/m0/s1. The van der Waals surface area contributed by atoms with E-state index in [1.807, 2.05) is 29.9 Å². The summed E-state index contributed by atoms with van der Waals surface area (Å²) in [4.78, 5) is 9.17. The van der Waals surface area contributed by atoms with Crippen LogP contribution in [0.1, 0.15) is 50.6 Å². The van der Waals surface area contributed by atoms with Crippen LogP contribution in [-0.4, -0.2) is 108 Å². The SMILES string of the molecule is COCCOc1nn([C@H]2CC[C@H](N3[C@@H]4CCN3COC4)CC2)cc1Nc1ncc(-c2ccc(C#N)c(O[C@@H](C)Cn3cnnn3)c2)cn1. The van der Waals surface area contributed by atoms with Gasteiger partial charge in [-0.3, -0.25) is 4.68 Å². The summed E-state index contributed by atoms with van der Waals surface area (Å²) >= 11 is 0. The second-order valence-corrected chi connectivity index (χ2v) is 12.4. The summed E-state index contributed by atoms with van der Waals surface area (Å²) in [7, 11) is 1.65. The van der Waals surface area contributed by atoms with Gasteiger partial charge in [-0.05, 0) is 67.2 Å². The third kappa shape index (κ3) is 7.09. The second-order valence-electron chi connectivity index (χ2n) is 12.4. The first kappa shape index (κ1) is 31.9. The lowest BCUT2D eigenvalue weighted by Gasteiger charge is -2.44. The Bertz CT molecular complexity index is 1670. The van der Waals surface area contributed by atoms with Gasteiger partial charge in [0.2, 0.25) is 5.95 Å². The monoisotopic (exact) mass is 656 g/mol. The van der Waals surface area contributed by atoms with Gasteiger partial charge in [-0.15, -0.1) is 10.2 Å². The van der Waals surface area contributed by atoms with Crippen LogP contribution >= 0.6 is 0 Å². The van der Waals surface area contributed by atoms with Gasteiger partial charge in [-0.2, -0.15) is 5.26 Å². The Morgan fingerprint density at radius 3 is 2.65 bits per heavy atom. The molecule has 1 aromatic carbocycles. The van der Waals surface area contributed by atoms with Gasteiger partial charge in [-0.1, -0.05) is 6.07 Å². The van der Waals surface area contributed by atoms with Crippen molar-refractivity contribution in [3.63, 3.8) is 0 Å². The number of nitrogens with zero attached hydrogens (tertiary/aromatic N) is 11. The van der Waals surface area contributed by atoms with Crippen molar-refractivity contribution in [1.29, 1.82) is 5.26 Å². The van der Waals surface area contributed by atoms with Crippen molar-refractivity contribution in [2.75, 3.05) is 45.5 Å². The van der Waals surface area contributed by atoms with Gasteiger partial charge in [-0.25, -0.2) is 24.7 Å². The molecule has 16 heteroatoms. The molecule has 7 rings (SSSR count). The number of ether oxygens (including phenoxy) is 4. The predicted octanol–water partition coefficient (Wildman–Crippen LogP) is 3.20. The lowest BCUT2D eigenvalue weighted by molar-refractivity contribution is -0.173. The Balaban J connectivity index is 1.02. The van der Waals surface area contributed by atoms with Crippen LogP contribution in [0.15, 0.2) is 43.1 Å². The van der Waals surface area contributed by atoms with E-state index in [-0.39, 0.29) is 12.1 Å². The number of fused-ring (bicyclic) bond motifs is 2. The molecule has 1 unspecified atom stereocenters. The van der Waals surface area contributed by atoms with Crippen LogP contribution < -0.4 is 14.8 Å².